The molecule has 0 aliphatic rings. The summed E-state index contributed by atoms with van der Waals surface area (Å²) in [5.74, 6) is 0.802. The Balaban J connectivity index is 0.0000130. The molecule has 37 heavy (non-hydrogen) atoms. The summed E-state index contributed by atoms with van der Waals surface area (Å²) in [7, 11) is -2.62. The second kappa shape index (κ2) is 23.2. The maximum atomic E-state index is 11.0. The van der Waals surface area contributed by atoms with Crippen molar-refractivity contribution >= 4 is 28.0 Å². The van der Waals surface area contributed by atoms with Crippen LogP contribution in [0.3, 0.4) is 0 Å². The standard InChI is InChI=1S/C26H52N6O3S.Na/c1-4-6-8-10-12-13-14-15-17-19-21-28-25-29-24(27-20-18-16-11-9-7-5-2)30-26(31-25)32(3)22-23-36(33,34)35;/h4-23H2,1-3H3,(H,33,34,35)(H2,27,28,29,30,31);/q;+1/p-1. The van der Waals surface area contributed by atoms with Gasteiger partial charge in [-0.1, -0.05) is 104 Å². The van der Waals surface area contributed by atoms with Gasteiger partial charge in [-0.3, -0.25) is 0 Å². The molecule has 9 nitrogen and oxygen atoms in total. The molecule has 1 heterocycles. The zero-order chi connectivity index (χ0) is 26.5. The van der Waals surface area contributed by atoms with Crippen LogP contribution in [0.4, 0.5) is 17.8 Å². The Labute approximate surface area is 248 Å². The molecule has 0 radical (unpaired) electrons. The minimum Gasteiger partial charge on any atom is -0.748 e. The Morgan fingerprint density at radius 2 is 1.05 bits per heavy atom. The number of hydrogen-bond donors (Lipinski definition) is 2. The predicted octanol–water partition coefficient (Wildman–Crippen LogP) is 2.96. The van der Waals surface area contributed by atoms with Gasteiger partial charge in [0.05, 0.1) is 15.9 Å². The smallest absolute Gasteiger partial charge is 0.748 e. The van der Waals surface area contributed by atoms with Crippen LogP contribution in [0.2, 0.25) is 0 Å². The van der Waals surface area contributed by atoms with Crippen molar-refractivity contribution in [2.45, 2.75) is 117 Å². The summed E-state index contributed by atoms with van der Waals surface area (Å²) in [6.45, 7) is 6.04. The molecule has 0 aliphatic carbocycles. The summed E-state index contributed by atoms with van der Waals surface area (Å²) in [5.41, 5.74) is 0. The van der Waals surface area contributed by atoms with Crippen LogP contribution < -0.4 is 45.1 Å². The van der Waals surface area contributed by atoms with E-state index in [1.807, 2.05) is 0 Å². The van der Waals surface area contributed by atoms with Crippen molar-refractivity contribution in [1.82, 2.24) is 15.0 Å². The first-order valence-corrected chi connectivity index (χ1v) is 15.8. The minimum atomic E-state index is -4.30. The second-order valence-corrected chi connectivity index (χ2v) is 11.3. The first-order chi connectivity index (χ1) is 17.4. The topological polar surface area (TPSA) is 123 Å². The maximum absolute atomic E-state index is 11.0. The molecule has 0 bridgehead atoms. The van der Waals surface area contributed by atoms with Crippen molar-refractivity contribution in [2.75, 3.05) is 48.0 Å². The Kier molecular flexibility index (Phi) is 22.8. The second-order valence-electron chi connectivity index (χ2n) is 9.77. The van der Waals surface area contributed by atoms with Crippen LogP contribution in [-0.4, -0.2) is 60.4 Å². The van der Waals surface area contributed by atoms with Gasteiger partial charge in [-0.25, -0.2) is 8.42 Å². The summed E-state index contributed by atoms with van der Waals surface area (Å²) in [5, 5.41) is 6.57. The van der Waals surface area contributed by atoms with E-state index in [1.165, 1.54) is 83.5 Å². The number of hydrogen-bond acceptors (Lipinski definition) is 9. The maximum Gasteiger partial charge on any atom is 1.00 e. The number of aromatic nitrogens is 3. The Hall–Kier alpha value is -0.680. The molecule has 0 aliphatic heterocycles. The normalized spacial score (nSPS) is 11.2. The largest absolute Gasteiger partial charge is 1.00 e. The van der Waals surface area contributed by atoms with E-state index < -0.39 is 15.9 Å². The van der Waals surface area contributed by atoms with Crippen molar-refractivity contribution < 1.29 is 42.5 Å². The molecular formula is C26H51N6NaO3S. The summed E-state index contributed by atoms with van der Waals surface area (Å²) in [6, 6.07) is 0. The van der Waals surface area contributed by atoms with Gasteiger partial charge in [0.2, 0.25) is 17.8 Å². The van der Waals surface area contributed by atoms with Crippen molar-refractivity contribution in [1.29, 1.82) is 0 Å². The SMILES string of the molecule is CCCCCCCCCCCCNc1nc(NCCCCCCCC)nc(N(C)CCS(=O)(=O)[O-])n1.[Na+]. The van der Waals surface area contributed by atoms with Crippen LogP contribution in [0, 0.1) is 0 Å². The van der Waals surface area contributed by atoms with E-state index in [4.69, 9.17) is 0 Å². The Morgan fingerprint density at radius 1 is 0.676 bits per heavy atom. The van der Waals surface area contributed by atoms with Crippen molar-refractivity contribution in [2.24, 2.45) is 0 Å². The Morgan fingerprint density at radius 3 is 1.43 bits per heavy atom. The van der Waals surface area contributed by atoms with Gasteiger partial charge in [0.15, 0.2) is 0 Å². The molecule has 0 saturated carbocycles. The van der Waals surface area contributed by atoms with E-state index in [0.29, 0.717) is 17.8 Å². The Bertz CT molecular complexity index is 786. The van der Waals surface area contributed by atoms with E-state index in [2.05, 4.69) is 39.4 Å². The molecule has 0 aromatic carbocycles. The third-order valence-corrected chi connectivity index (χ3v) is 6.95. The fraction of sp³-hybridized carbons (Fsp3) is 0.885. The first kappa shape index (κ1) is 36.3. The van der Waals surface area contributed by atoms with Gasteiger partial charge in [-0.15, -0.1) is 0 Å². The summed E-state index contributed by atoms with van der Waals surface area (Å²) >= 11 is 0. The summed E-state index contributed by atoms with van der Waals surface area (Å²) in [4.78, 5) is 15.0. The third kappa shape index (κ3) is 20.9. The summed E-state index contributed by atoms with van der Waals surface area (Å²) < 4.78 is 33.1. The molecular weight excluding hydrogens is 499 g/mol. The van der Waals surface area contributed by atoms with Gasteiger partial charge < -0.3 is 20.1 Å². The molecule has 2 N–H and O–H groups in total. The van der Waals surface area contributed by atoms with E-state index in [-0.39, 0.29) is 36.1 Å². The van der Waals surface area contributed by atoms with Gasteiger partial charge in [0.1, 0.15) is 0 Å². The first-order valence-electron chi connectivity index (χ1n) is 14.2. The molecule has 1 rings (SSSR count). The number of nitrogens with one attached hydrogen (secondary N) is 2. The zero-order valence-corrected chi connectivity index (χ0v) is 26.9. The van der Waals surface area contributed by atoms with E-state index in [9.17, 15) is 13.0 Å². The monoisotopic (exact) mass is 550 g/mol. The molecule has 1 aromatic heterocycles. The quantitative estimate of drug-likeness (QED) is 0.114. The molecule has 0 spiro atoms. The molecule has 0 unspecified atom stereocenters. The average Bonchev–Trinajstić information content (AvgIpc) is 2.84. The van der Waals surface area contributed by atoms with Gasteiger partial charge in [-0.05, 0) is 12.8 Å². The molecule has 0 amide bonds. The fourth-order valence-corrected chi connectivity index (χ4v) is 4.46. The van der Waals surface area contributed by atoms with Crippen LogP contribution >= 0.6 is 0 Å². The number of unbranched alkanes of at least 4 members (excludes halogenated alkanes) is 14. The van der Waals surface area contributed by atoms with Crippen LogP contribution in [-0.2, 0) is 10.1 Å². The van der Waals surface area contributed by atoms with Gasteiger partial charge >= 0.3 is 29.6 Å². The van der Waals surface area contributed by atoms with Crippen molar-refractivity contribution in [3.8, 4) is 0 Å². The van der Waals surface area contributed by atoms with E-state index in [1.54, 1.807) is 11.9 Å². The fourth-order valence-electron chi connectivity index (χ4n) is 3.96. The van der Waals surface area contributed by atoms with E-state index in [0.717, 1.165) is 32.4 Å². The van der Waals surface area contributed by atoms with Crippen LogP contribution in [0.5, 0.6) is 0 Å². The third-order valence-electron chi connectivity index (χ3n) is 6.27. The molecule has 0 saturated heterocycles. The number of rotatable bonds is 24. The number of nitrogens with zero attached hydrogens (tertiary/aromatic N) is 4. The predicted molar refractivity (Wildman–Crippen MR) is 150 cm³/mol. The van der Waals surface area contributed by atoms with Crippen LogP contribution in [0.1, 0.15) is 117 Å². The average molecular weight is 551 g/mol. The van der Waals surface area contributed by atoms with E-state index >= 15 is 0 Å². The molecule has 1 aromatic rings. The minimum absolute atomic E-state index is 0. The van der Waals surface area contributed by atoms with Crippen molar-refractivity contribution in [3.63, 3.8) is 0 Å². The van der Waals surface area contributed by atoms with Crippen LogP contribution in [0.25, 0.3) is 0 Å². The zero-order valence-electron chi connectivity index (χ0n) is 24.1. The summed E-state index contributed by atoms with van der Waals surface area (Å²) in [6.07, 6.45) is 20.0. The van der Waals surface area contributed by atoms with Crippen molar-refractivity contribution in [3.05, 3.63) is 0 Å². The molecule has 0 atom stereocenters. The molecule has 0 fully saturated rings. The van der Waals surface area contributed by atoms with Gasteiger partial charge in [0.25, 0.3) is 0 Å². The number of anilines is 3. The molecule has 11 heteroatoms. The van der Waals surface area contributed by atoms with Gasteiger partial charge in [-0.2, -0.15) is 15.0 Å². The molecule has 210 valence electrons. The van der Waals surface area contributed by atoms with Gasteiger partial charge in [0, 0.05) is 26.7 Å². The van der Waals surface area contributed by atoms with Crippen LogP contribution in [0.15, 0.2) is 0 Å².